The summed E-state index contributed by atoms with van der Waals surface area (Å²) in [4.78, 5) is 34.9. The molecule has 2 N–H and O–H groups in total. The van der Waals surface area contributed by atoms with Gasteiger partial charge in [0, 0.05) is 13.0 Å². The van der Waals surface area contributed by atoms with Gasteiger partial charge in [0.25, 0.3) is 0 Å². The van der Waals surface area contributed by atoms with E-state index in [0.717, 1.165) is 0 Å². The van der Waals surface area contributed by atoms with Crippen LogP contribution in [0.5, 0.6) is 0 Å². The Hall–Kier alpha value is -1.59. The highest BCUT2D eigenvalue weighted by molar-refractivity contribution is 5.90. The molecule has 1 heterocycles. The maximum atomic E-state index is 11.7. The van der Waals surface area contributed by atoms with Crippen LogP contribution in [0.25, 0.3) is 0 Å². The zero-order valence-electron chi connectivity index (χ0n) is 10.1. The topological polar surface area (TPSA) is 94.9 Å². The third-order valence-electron chi connectivity index (χ3n) is 2.87. The maximum Gasteiger partial charge on any atom is 0.326 e. The second-order valence-corrected chi connectivity index (χ2v) is 5.39. The van der Waals surface area contributed by atoms with Crippen molar-refractivity contribution in [2.24, 2.45) is 11.3 Å². The van der Waals surface area contributed by atoms with Crippen LogP contribution >= 0.6 is 0 Å². The van der Waals surface area contributed by atoms with Gasteiger partial charge in [-0.3, -0.25) is 9.59 Å². The van der Waals surface area contributed by atoms with Crippen LogP contribution in [-0.4, -0.2) is 45.5 Å². The molecule has 1 saturated heterocycles. The number of carbonyl (C=O) groups is 3. The Morgan fingerprint density at radius 2 is 1.88 bits per heavy atom. The fraction of sp³-hybridized carbons (Fsp3) is 0.727. The molecule has 0 aromatic heterocycles. The fourth-order valence-corrected chi connectivity index (χ4v) is 2.12. The van der Waals surface area contributed by atoms with Crippen LogP contribution in [0.3, 0.4) is 0 Å². The molecule has 0 aliphatic carbocycles. The van der Waals surface area contributed by atoms with Gasteiger partial charge in [-0.2, -0.15) is 0 Å². The molecule has 0 radical (unpaired) electrons. The van der Waals surface area contributed by atoms with Crippen molar-refractivity contribution in [3.63, 3.8) is 0 Å². The first kappa shape index (κ1) is 13.5. The van der Waals surface area contributed by atoms with Crippen LogP contribution in [0.1, 0.15) is 27.2 Å². The van der Waals surface area contributed by atoms with Crippen molar-refractivity contribution < 1.29 is 24.6 Å². The summed E-state index contributed by atoms with van der Waals surface area (Å²) < 4.78 is 0. The van der Waals surface area contributed by atoms with Gasteiger partial charge in [0.15, 0.2) is 0 Å². The summed E-state index contributed by atoms with van der Waals surface area (Å²) in [7, 11) is 0. The average Bonchev–Trinajstić information content (AvgIpc) is 2.45. The summed E-state index contributed by atoms with van der Waals surface area (Å²) >= 11 is 0. The molecule has 1 amide bonds. The van der Waals surface area contributed by atoms with Crippen molar-refractivity contribution in [1.29, 1.82) is 0 Å². The summed E-state index contributed by atoms with van der Waals surface area (Å²) in [6, 6.07) is -0.987. The van der Waals surface area contributed by atoms with Gasteiger partial charge in [-0.05, 0) is 5.41 Å². The lowest BCUT2D eigenvalue weighted by atomic mass is 9.85. The van der Waals surface area contributed by atoms with Gasteiger partial charge >= 0.3 is 11.9 Å². The number of likely N-dealkylation sites (tertiary alicyclic amines) is 1. The maximum absolute atomic E-state index is 11.7. The number of carboxylic acids is 2. The summed E-state index contributed by atoms with van der Waals surface area (Å²) in [5, 5.41) is 18.0. The smallest absolute Gasteiger partial charge is 0.326 e. The van der Waals surface area contributed by atoms with Crippen LogP contribution in [0.4, 0.5) is 0 Å². The predicted octanol–water partition coefficient (Wildman–Crippen LogP) is 0.419. The number of nitrogens with zero attached hydrogens (tertiary/aromatic N) is 1. The molecule has 0 spiro atoms. The molecular weight excluding hydrogens is 226 g/mol. The van der Waals surface area contributed by atoms with Gasteiger partial charge in [-0.15, -0.1) is 0 Å². The summed E-state index contributed by atoms with van der Waals surface area (Å²) in [5.74, 6) is -3.36. The van der Waals surface area contributed by atoms with Gasteiger partial charge in [0.1, 0.15) is 6.04 Å². The van der Waals surface area contributed by atoms with Crippen LogP contribution in [0, 0.1) is 11.3 Å². The molecule has 96 valence electrons. The van der Waals surface area contributed by atoms with E-state index in [0.29, 0.717) is 0 Å². The highest BCUT2D eigenvalue weighted by Gasteiger charge is 2.45. The highest BCUT2D eigenvalue weighted by atomic mass is 16.4. The van der Waals surface area contributed by atoms with Gasteiger partial charge in [0.2, 0.25) is 5.91 Å². The SMILES string of the molecule is CC(C)(C)[C@@H](C(=O)O)N1CC(C(=O)O)CC1=O. The molecule has 1 rings (SSSR count). The third kappa shape index (κ3) is 2.75. The molecule has 6 heteroatoms. The first-order valence-electron chi connectivity index (χ1n) is 5.39. The Labute approximate surface area is 99.2 Å². The Balaban J connectivity index is 2.95. The third-order valence-corrected chi connectivity index (χ3v) is 2.87. The Morgan fingerprint density at radius 3 is 2.18 bits per heavy atom. The molecule has 1 aliphatic heterocycles. The van der Waals surface area contributed by atoms with Gasteiger partial charge in [-0.1, -0.05) is 20.8 Å². The summed E-state index contributed by atoms with van der Waals surface area (Å²) in [5.41, 5.74) is -0.630. The molecule has 0 aromatic rings. The van der Waals surface area contributed by atoms with Crippen molar-refractivity contribution in [2.45, 2.75) is 33.2 Å². The lowest BCUT2D eigenvalue weighted by Crippen LogP contribution is -2.50. The number of hydrogen-bond donors (Lipinski definition) is 2. The second kappa shape index (κ2) is 4.35. The van der Waals surface area contributed by atoms with Crippen LogP contribution < -0.4 is 0 Å². The lowest BCUT2D eigenvalue weighted by molar-refractivity contribution is -0.153. The van der Waals surface area contributed by atoms with Crippen molar-refractivity contribution in [3.8, 4) is 0 Å². The van der Waals surface area contributed by atoms with Crippen LogP contribution in [-0.2, 0) is 14.4 Å². The zero-order chi connectivity index (χ0) is 13.4. The summed E-state index contributed by atoms with van der Waals surface area (Å²) in [6.07, 6.45) is -0.116. The molecule has 1 unspecified atom stereocenters. The Morgan fingerprint density at radius 1 is 1.35 bits per heavy atom. The second-order valence-electron chi connectivity index (χ2n) is 5.39. The summed E-state index contributed by atoms with van der Waals surface area (Å²) in [6.45, 7) is 5.12. The predicted molar refractivity (Wildman–Crippen MR) is 58.3 cm³/mol. The lowest BCUT2D eigenvalue weighted by Gasteiger charge is -2.34. The van der Waals surface area contributed by atoms with E-state index >= 15 is 0 Å². The molecule has 1 fully saturated rings. The monoisotopic (exact) mass is 243 g/mol. The van der Waals surface area contributed by atoms with Crippen LogP contribution in [0.2, 0.25) is 0 Å². The van der Waals surface area contributed by atoms with E-state index in [1.165, 1.54) is 4.90 Å². The number of carboxylic acid groups (broad SMARTS) is 2. The number of aliphatic carboxylic acids is 2. The fourth-order valence-electron chi connectivity index (χ4n) is 2.12. The van der Waals surface area contributed by atoms with E-state index in [2.05, 4.69) is 0 Å². The van der Waals surface area contributed by atoms with Crippen molar-refractivity contribution >= 4 is 17.8 Å². The zero-order valence-corrected chi connectivity index (χ0v) is 10.1. The molecule has 0 bridgehead atoms. The largest absolute Gasteiger partial charge is 0.481 e. The van der Waals surface area contributed by atoms with Crippen molar-refractivity contribution in [3.05, 3.63) is 0 Å². The average molecular weight is 243 g/mol. The molecule has 0 saturated carbocycles. The normalized spacial score (nSPS) is 22.6. The van der Waals surface area contributed by atoms with Gasteiger partial charge in [-0.25, -0.2) is 4.79 Å². The van der Waals surface area contributed by atoms with Gasteiger partial charge in [0.05, 0.1) is 5.92 Å². The molecule has 0 aromatic carbocycles. The molecule has 1 aliphatic rings. The minimum absolute atomic E-state index is 0.0254. The number of hydrogen-bond acceptors (Lipinski definition) is 3. The Bertz CT molecular complexity index is 357. The minimum atomic E-state index is -1.10. The molecule has 6 nitrogen and oxygen atoms in total. The number of amides is 1. The number of rotatable bonds is 3. The van der Waals surface area contributed by atoms with Crippen molar-refractivity contribution in [2.75, 3.05) is 6.54 Å². The molecule has 17 heavy (non-hydrogen) atoms. The first-order chi connectivity index (χ1) is 7.64. The number of carbonyl (C=O) groups excluding carboxylic acids is 1. The molecular formula is C11H17NO5. The van der Waals surface area contributed by atoms with E-state index in [4.69, 9.17) is 5.11 Å². The van der Waals surface area contributed by atoms with E-state index < -0.39 is 35.2 Å². The minimum Gasteiger partial charge on any atom is -0.481 e. The Kier molecular flexibility index (Phi) is 3.45. The van der Waals surface area contributed by atoms with E-state index in [9.17, 15) is 19.5 Å². The van der Waals surface area contributed by atoms with Gasteiger partial charge < -0.3 is 15.1 Å². The van der Waals surface area contributed by atoms with E-state index in [-0.39, 0.29) is 13.0 Å². The quantitative estimate of drug-likeness (QED) is 0.749. The van der Waals surface area contributed by atoms with Crippen molar-refractivity contribution in [1.82, 2.24) is 4.90 Å². The highest BCUT2D eigenvalue weighted by Crippen LogP contribution is 2.30. The molecule has 2 atom stereocenters. The first-order valence-corrected chi connectivity index (χ1v) is 5.39. The van der Waals surface area contributed by atoms with E-state index in [1.54, 1.807) is 20.8 Å². The standard InChI is InChI=1S/C11H17NO5/c1-11(2,3)8(10(16)17)12-5-6(9(14)15)4-7(12)13/h6,8H,4-5H2,1-3H3,(H,14,15)(H,16,17)/t6?,8-/m1/s1. The van der Waals surface area contributed by atoms with E-state index in [1.807, 2.05) is 0 Å². The van der Waals surface area contributed by atoms with Crippen LogP contribution in [0.15, 0.2) is 0 Å².